The number of aromatic nitrogens is 1. The summed E-state index contributed by atoms with van der Waals surface area (Å²) in [6.45, 7) is -0.222. The van der Waals surface area contributed by atoms with E-state index < -0.39 is 29.2 Å². The SMILES string of the molecule is NC(=O)c1cnc(NCC(O)c2c(F)cccc2F)c(Cl)c1. The molecule has 1 heterocycles. The molecule has 0 spiro atoms. The summed E-state index contributed by atoms with van der Waals surface area (Å²) in [5, 5.41) is 12.6. The van der Waals surface area contributed by atoms with Crippen LogP contribution in [0.3, 0.4) is 0 Å². The molecular formula is C14H12ClF2N3O2. The number of halogens is 3. The number of benzene rings is 1. The van der Waals surface area contributed by atoms with Crippen molar-refractivity contribution in [3.05, 3.63) is 58.2 Å². The molecule has 1 amide bonds. The van der Waals surface area contributed by atoms with Crippen molar-refractivity contribution in [2.45, 2.75) is 6.10 Å². The van der Waals surface area contributed by atoms with Gasteiger partial charge >= 0.3 is 0 Å². The summed E-state index contributed by atoms with van der Waals surface area (Å²) in [6.07, 6.45) is -0.234. The largest absolute Gasteiger partial charge is 0.386 e. The van der Waals surface area contributed by atoms with Crippen molar-refractivity contribution in [3.8, 4) is 0 Å². The molecular weight excluding hydrogens is 316 g/mol. The Morgan fingerprint density at radius 3 is 2.59 bits per heavy atom. The van der Waals surface area contributed by atoms with Crippen LogP contribution in [0.1, 0.15) is 22.0 Å². The molecule has 1 aromatic carbocycles. The van der Waals surface area contributed by atoms with Crippen molar-refractivity contribution in [1.29, 1.82) is 0 Å². The minimum absolute atomic E-state index is 0.0949. The van der Waals surface area contributed by atoms with E-state index in [0.29, 0.717) is 0 Å². The Morgan fingerprint density at radius 1 is 1.41 bits per heavy atom. The zero-order valence-corrected chi connectivity index (χ0v) is 11.9. The van der Waals surface area contributed by atoms with Crippen LogP contribution in [0.2, 0.25) is 5.02 Å². The number of amides is 1. The molecule has 22 heavy (non-hydrogen) atoms. The molecule has 0 aliphatic carbocycles. The van der Waals surface area contributed by atoms with Gasteiger partial charge in [0.15, 0.2) is 0 Å². The fraction of sp³-hybridized carbons (Fsp3) is 0.143. The van der Waals surface area contributed by atoms with Gasteiger partial charge in [-0.25, -0.2) is 13.8 Å². The van der Waals surface area contributed by atoms with E-state index in [4.69, 9.17) is 17.3 Å². The average Bonchev–Trinajstić information content (AvgIpc) is 2.45. The minimum Gasteiger partial charge on any atom is -0.386 e. The van der Waals surface area contributed by atoms with E-state index in [9.17, 15) is 18.7 Å². The van der Waals surface area contributed by atoms with E-state index >= 15 is 0 Å². The third kappa shape index (κ3) is 3.49. The number of nitrogens with zero attached hydrogens (tertiary/aromatic N) is 1. The second-order valence-electron chi connectivity index (χ2n) is 4.45. The van der Waals surface area contributed by atoms with Gasteiger partial charge in [0.05, 0.1) is 16.1 Å². The fourth-order valence-electron chi connectivity index (χ4n) is 1.83. The van der Waals surface area contributed by atoms with Crippen LogP contribution >= 0.6 is 11.6 Å². The van der Waals surface area contributed by atoms with Crippen molar-refractivity contribution in [2.24, 2.45) is 5.73 Å². The maximum Gasteiger partial charge on any atom is 0.250 e. The van der Waals surface area contributed by atoms with Gasteiger partial charge < -0.3 is 16.2 Å². The Balaban J connectivity index is 2.11. The van der Waals surface area contributed by atoms with E-state index in [1.165, 1.54) is 18.3 Å². The number of hydrogen-bond acceptors (Lipinski definition) is 4. The van der Waals surface area contributed by atoms with Crippen molar-refractivity contribution < 1.29 is 18.7 Å². The van der Waals surface area contributed by atoms with Gasteiger partial charge in [0.1, 0.15) is 23.6 Å². The summed E-state index contributed by atoms with van der Waals surface area (Å²) in [5.74, 6) is -2.23. The molecule has 1 unspecified atom stereocenters. The molecule has 116 valence electrons. The number of pyridine rings is 1. The van der Waals surface area contributed by atoms with Gasteiger partial charge in [-0.3, -0.25) is 4.79 Å². The number of carbonyl (C=O) groups excluding carboxylic acids is 1. The van der Waals surface area contributed by atoms with Crippen molar-refractivity contribution >= 4 is 23.3 Å². The molecule has 0 saturated carbocycles. The van der Waals surface area contributed by atoms with Gasteiger partial charge in [-0.1, -0.05) is 17.7 Å². The number of nitrogens with two attached hydrogens (primary N) is 1. The lowest BCUT2D eigenvalue weighted by Crippen LogP contribution is -2.17. The second-order valence-corrected chi connectivity index (χ2v) is 4.86. The maximum absolute atomic E-state index is 13.5. The van der Waals surface area contributed by atoms with Crippen molar-refractivity contribution in [1.82, 2.24) is 4.98 Å². The van der Waals surface area contributed by atoms with E-state index in [-0.39, 0.29) is 22.9 Å². The number of carbonyl (C=O) groups is 1. The van der Waals surface area contributed by atoms with Gasteiger partial charge in [-0.2, -0.15) is 0 Å². The second kappa shape index (κ2) is 6.67. The van der Waals surface area contributed by atoms with Crippen LogP contribution in [0.5, 0.6) is 0 Å². The topological polar surface area (TPSA) is 88.2 Å². The molecule has 8 heteroatoms. The van der Waals surface area contributed by atoms with Gasteiger partial charge in [-0.05, 0) is 18.2 Å². The molecule has 0 aliphatic rings. The van der Waals surface area contributed by atoms with E-state index in [1.54, 1.807) is 0 Å². The zero-order valence-electron chi connectivity index (χ0n) is 11.2. The number of primary amides is 1. The Morgan fingerprint density at radius 2 is 2.05 bits per heavy atom. The van der Waals surface area contributed by atoms with Crippen LogP contribution in [0.4, 0.5) is 14.6 Å². The quantitative estimate of drug-likeness (QED) is 0.786. The fourth-order valence-corrected chi connectivity index (χ4v) is 2.06. The number of rotatable bonds is 5. The highest BCUT2D eigenvalue weighted by molar-refractivity contribution is 6.33. The third-order valence-electron chi connectivity index (χ3n) is 2.92. The minimum atomic E-state index is -1.44. The predicted molar refractivity (Wildman–Crippen MR) is 77.6 cm³/mol. The van der Waals surface area contributed by atoms with Crippen LogP contribution < -0.4 is 11.1 Å². The van der Waals surface area contributed by atoms with Gasteiger partial charge in [-0.15, -0.1) is 0 Å². The molecule has 2 aromatic rings. The Kier molecular flexibility index (Phi) is 4.89. The van der Waals surface area contributed by atoms with Crippen LogP contribution in [0.15, 0.2) is 30.5 Å². The summed E-state index contributed by atoms with van der Waals surface area (Å²) < 4.78 is 27.1. The smallest absolute Gasteiger partial charge is 0.250 e. The lowest BCUT2D eigenvalue weighted by atomic mass is 10.1. The standard InChI is InChI=1S/C14H12ClF2N3O2/c15-8-4-7(13(18)22)5-19-14(8)20-6-11(21)12-9(16)2-1-3-10(12)17/h1-5,11,21H,6H2,(H2,18,22)(H,19,20). The highest BCUT2D eigenvalue weighted by Crippen LogP contribution is 2.23. The lowest BCUT2D eigenvalue weighted by molar-refractivity contribution is 0.1000. The number of aliphatic hydroxyl groups is 1. The Labute approximate surface area is 129 Å². The zero-order chi connectivity index (χ0) is 16.3. The Hall–Kier alpha value is -2.25. The molecule has 0 radical (unpaired) electrons. The van der Waals surface area contributed by atoms with E-state index in [1.807, 2.05) is 0 Å². The van der Waals surface area contributed by atoms with E-state index in [2.05, 4.69) is 10.3 Å². The normalized spacial score (nSPS) is 12.0. The first-order chi connectivity index (χ1) is 10.4. The molecule has 4 N–H and O–H groups in total. The monoisotopic (exact) mass is 327 g/mol. The van der Waals surface area contributed by atoms with Gasteiger partial charge in [0.2, 0.25) is 5.91 Å². The van der Waals surface area contributed by atoms with Gasteiger partial charge in [0, 0.05) is 12.7 Å². The summed E-state index contributed by atoms with van der Waals surface area (Å²) in [5.41, 5.74) is 4.76. The number of aliphatic hydroxyl groups excluding tert-OH is 1. The van der Waals surface area contributed by atoms with Crippen LogP contribution in [0, 0.1) is 11.6 Å². The number of hydrogen-bond donors (Lipinski definition) is 3. The summed E-state index contributed by atoms with van der Waals surface area (Å²) in [7, 11) is 0. The molecule has 0 fully saturated rings. The predicted octanol–water partition coefficient (Wildman–Crippen LogP) is 2.26. The molecule has 1 aromatic heterocycles. The Bertz CT molecular complexity index is 692. The molecule has 5 nitrogen and oxygen atoms in total. The first-order valence-corrected chi connectivity index (χ1v) is 6.59. The van der Waals surface area contributed by atoms with Crippen molar-refractivity contribution in [2.75, 3.05) is 11.9 Å². The third-order valence-corrected chi connectivity index (χ3v) is 3.21. The van der Waals surface area contributed by atoms with Crippen LogP contribution in [-0.4, -0.2) is 22.5 Å². The van der Waals surface area contributed by atoms with Crippen LogP contribution in [0.25, 0.3) is 0 Å². The molecule has 0 bridgehead atoms. The first kappa shape index (κ1) is 16.1. The maximum atomic E-state index is 13.5. The summed E-state index contributed by atoms with van der Waals surface area (Å²) >= 11 is 5.90. The number of anilines is 1. The van der Waals surface area contributed by atoms with E-state index in [0.717, 1.165) is 12.1 Å². The highest BCUT2D eigenvalue weighted by atomic mass is 35.5. The first-order valence-electron chi connectivity index (χ1n) is 6.21. The number of nitrogens with one attached hydrogen (secondary N) is 1. The molecule has 0 aliphatic heterocycles. The molecule has 1 atom stereocenters. The summed E-state index contributed by atoms with van der Waals surface area (Å²) in [4.78, 5) is 14.8. The average molecular weight is 328 g/mol. The van der Waals surface area contributed by atoms with Crippen LogP contribution in [-0.2, 0) is 0 Å². The van der Waals surface area contributed by atoms with Gasteiger partial charge in [0.25, 0.3) is 0 Å². The summed E-state index contributed by atoms with van der Waals surface area (Å²) in [6, 6.07) is 4.60. The molecule has 0 saturated heterocycles. The molecule has 2 rings (SSSR count). The van der Waals surface area contributed by atoms with Crippen molar-refractivity contribution in [3.63, 3.8) is 0 Å². The lowest BCUT2D eigenvalue weighted by Gasteiger charge is -2.15. The highest BCUT2D eigenvalue weighted by Gasteiger charge is 2.18.